The third-order valence-electron chi connectivity index (χ3n) is 8.62. The Balaban J connectivity index is 1.05. The van der Waals surface area contributed by atoms with E-state index >= 15 is 4.39 Å². The van der Waals surface area contributed by atoms with Crippen LogP contribution in [0.2, 0.25) is 0 Å². The molecule has 10 heteroatoms. The van der Waals surface area contributed by atoms with Gasteiger partial charge in [0.2, 0.25) is 0 Å². The number of imidazole rings is 1. The molecule has 4 aromatic carbocycles. The SMILES string of the molecule is O=C(O)c1ccc2nc(Cc3ccc(-c4ccc(F)c(OCc5cccc6c5oc5ccccc56)n4)cc3F)n(C[C@@H]3CCO3)c2c1. The molecule has 1 N–H and O–H groups in total. The van der Waals surface area contributed by atoms with Gasteiger partial charge in [-0.2, -0.15) is 0 Å². The van der Waals surface area contributed by atoms with E-state index in [1.807, 2.05) is 47.0 Å². The lowest BCUT2D eigenvalue weighted by Crippen LogP contribution is -2.31. The lowest BCUT2D eigenvalue weighted by Gasteiger charge is -2.27. The van der Waals surface area contributed by atoms with Crippen molar-refractivity contribution >= 4 is 38.9 Å². The van der Waals surface area contributed by atoms with Crippen molar-refractivity contribution in [3.8, 4) is 17.1 Å². The van der Waals surface area contributed by atoms with Crippen LogP contribution in [0.3, 0.4) is 0 Å². The third kappa shape index (κ3) is 5.36. The molecule has 1 saturated heterocycles. The number of halogens is 2. The topological polar surface area (TPSA) is 99.6 Å². The zero-order chi connectivity index (χ0) is 32.1. The Morgan fingerprint density at radius 1 is 0.915 bits per heavy atom. The molecule has 0 unspecified atom stereocenters. The predicted molar refractivity (Wildman–Crippen MR) is 171 cm³/mol. The summed E-state index contributed by atoms with van der Waals surface area (Å²) in [6.45, 7) is 1.19. The van der Waals surface area contributed by atoms with Crippen LogP contribution >= 0.6 is 0 Å². The van der Waals surface area contributed by atoms with Crippen LogP contribution in [-0.2, 0) is 24.3 Å². The van der Waals surface area contributed by atoms with Crippen molar-refractivity contribution in [1.29, 1.82) is 0 Å². The monoisotopic (exact) mass is 631 g/mol. The van der Waals surface area contributed by atoms with Gasteiger partial charge in [-0.1, -0.05) is 48.5 Å². The number of nitrogens with zero attached hydrogens (tertiary/aromatic N) is 3. The van der Waals surface area contributed by atoms with E-state index in [0.29, 0.717) is 52.4 Å². The lowest BCUT2D eigenvalue weighted by molar-refractivity contribution is -0.0589. The van der Waals surface area contributed by atoms with E-state index in [1.54, 1.807) is 24.3 Å². The molecule has 1 aliphatic heterocycles. The standard InChI is InChI=1S/C37H27F2N3O5/c38-28-11-13-30(41-36(28)46-20-24-4-3-6-27-26-5-1-2-7-33(26)47-35(24)27)22-9-8-21(29(39)16-22)18-34-40-31-12-10-23(37(43)44)17-32(31)42(34)19-25-14-15-45-25/h1-13,16-17,25H,14-15,18-20H2,(H,43,44)/t25-/m0/s1. The summed E-state index contributed by atoms with van der Waals surface area (Å²) < 4.78 is 49.9. The van der Waals surface area contributed by atoms with Gasteiger partial charge in [0.05, 0.1) is 34.9 Å². The Kier molecular flexibility index (Phi) is 7.14. The molecule has 7 aromatic rings. The predicted octanol–water partition coefficient (Wildman–Crippen LogP) is 7.93. The molecule has 0 spiro atoms. The molecule has 0 radical (unpaired) electrons. The molecule has 234 valence electrons. The van der Waals surface area contributed by atoms with Crippen LogP contribution in [0, 0.1) is 11.6 Å². The fourth-order valence-corrected chi connectivity index (χ4v) is 6.05. The zero-order valence-electron chi connectivity index (χ0n) is 25.0. The fraction of sp³-hybridized carbons (Fsp3) is 0.162. The number of furan rings is 1. The minimum absolute atomic E-state index is 0.0144. The maximum atomic E-state index is 15.6. The number of carboxylic acids is 1. The van der Waals surface area contributed by atoms with Crippen LogP contribution in [0.25, 0.3) is 44.2 Å². The number of fused-ring (bicyclic) bond motifs is 4. The van der Waals surface area contributed by atoms with Crippen molar-refractivity contribution < 1.29 is 32.6 Å². The van der Waals surface area contributed by atoms with E-state index in [1.165, 1.54) is 24.3 Å². The Bertz CT molecular complexity index is 2330. The Hall–Kier alpha value is -5.61. The fourth-order valence-electron chi connectivity index (χ4n) is 6.05. The smallest absolute Gasteiger partial charge is 0.335 e. The Morgan fingerprint density at radius 2 is 1.77 bits per heavy atom. The maximum absolute atomic E-state index is 15.6. The van der Waals surface area contributed by atoms with Crippen molar-refractivity contribution in [2.24, 2.45) is 0 Å². The van der Waals surface area contributed by atoms with Crippen molar-refractivity contribution in [3.63, 3.8) is 0 Å². The molecule has 47 heavy (non-hydrogen) atoms. The number of carboxylic acid groups (broad SMARTS) is 1. The number of hydrogen-bond acceptors (Lipinski definition) is 6. The largest absolute Gasteiger partial charge is 0.478 e. The average Bonchev–Trinajstić information content (AvgIpc) is 3.61. The van der Waals surface area contributed by atoms with E-state index in [0.717, 1.165) is 28.3 Å². The van der Waals surface area contributed by atoms with Gasteiger partial charge in [0.1, 0.15) is 29.4 Å². The van der Waals surface area contributed by atoms with E-state index in [4.69, 9.17) is 18.9 Å². The van der Waals surface area contributed by atoms with E-state index in [9.17, 15) is 14.3 Å². The number of hydrogen-bond donors (Lipinski definition) is 1. The van der Waals surface area contributed by atoms with E-state index < -0.39 is 17.6 Å². The van der Waals surface area contributed by atoms with Gasteiger partial charge >= 0.3 is 5.97 Å². The number of rotatable bonds is 9. The molecule has 0 amide bonds. The highest BCUT2D eigenvalue weighted by atomic mass is 19.1. The summed E-state index contributed by atoms with van der Waals surface area (Å²) in [5.74, 6) is -1.75. The van der Waals surface area contributed by atoms with Gasteiger partial charge in [-0.05, 0) is 54.4 Å². The van der Waals surface area contributed by atoms with Crippen LogP contribution in [0.1, 0.15) is 33.7 Å². The van der Waals surface area contributed by atoms with Crippen molar-refractivity contribution in [1.82, 2.24) is 14.5 Å². The molecule has 1 fully saturated rings. The summed E-state index contributed by atoms with van der Waals surface area (Å²) >= 11 is 0. The van der Waals surface area contributed by atoms with Gasteiger partial charge in [-0.3, -0.25) is 0 Å². The van der Waals surface area contributed by atoms with Crippen LogP contribution in [0.4, 0.5) is 8.78 Å². The van der Waals surface area contributed by atoms with Crippen LogP contribution in [-0.4, -0.2) is 38.3 Å². The van der Waals surface area contributed by atoms with Crippen molar-refractivity contribution in [3.05, 3.63) is 125 Å². The molecule has 0 aliphatic carbocycles. The highest BCUT2D eigenvalue weighted by Crippen LogP contribution is 2.32. The number of benzene rings is 4. The van der Waals surface area contributed by atoms with Gasteiger partial charge in [-0.15, -0.1) is 0 Å². The number of para-hydroxylation sites is 2. The average molecular weight is 632 g/mol. The summed E-state index contributed by atoms with van der Waals surface area (Å²) in [6.07, 6.45) is 1.04. The second-order valence-corrected chi connectivity index (χ2v) is 11.6. The van der Waals surface area contributed by atoms with Crippen LogP contribution in [0.5, 0.6) is 5.88 Å². The molecule has 4 heterocycles. The number of aromatic nitrogens is 3. The molecule has 0 bridgehead atoms. The second kappa shape index (κ2) is 11.6. The second-order valence-electron chi connectivity index (χ2n) is 11.6. The summed E-state index contributed by atoms with van der Waals surface area (Å²) in [7, 11) is 0. The first-order valence-electron chi connectivity index (χ1n) is 15.2. The molecule has 1 aliphatic rings. The molecule has 8 nitrogen and oxygen atoms in total. The molecule has 8 rings (SSSR count). The number of ether oxygens (including phenoxy) is 2. The molecule has 3 aromatic heterocycles. The first kappa shape index (κ1) is 28.8. The molecular formula is C37H27F2N3O5. The minimum atomic E-state index is -1.03. The Labute approximate surface area is 266 Å². The zero-order valence-corrected chi connectivity index (χ0v) is 25.0. The first-order valence-corrected chi connectivity index (χ1v) is 15.2. The first-order chi connectivity index (χ1) is 22.9. The highest BCUT2D eigenvalue weighted by Gasteiger charge is 2.23. The molecule has 0 saturated carbocycles. The summed E-state index contributed by atoms with van der Waals surface area (Å²) in [4.78, 5) is 20.7. The van der Waals surface area contributed by atoms with E-state index in [2.05, 4.69) is 4.98 Å². The van der Waals surface area contributed by atoms with E-state index in [-0.39, 0.29) is 30.6 Å². The third-order valence-corrected chi connectivity index (χ3v) is 8.62. The van der Waals surface area contributed by atoms with Crippen LogP contribution < -0.4 is 4.74 Å². The quantitative estimate of drug-likeness (QED) is 0.173. The van der Waals surface area contributed by atoms with Crippen LogP contribution in [0.15, 0.2) is 95.4 Å². The van der Waals surface area contributed by atoms with Gasteiger partial charge < -0.3 is 23.6 Å². The minimum Gasteiger partial charge on any atom is -0.478 e. The van der Waals surface area contributed by atoms with Gasteiger partial charge in [-0.25, -0.2) is 23.5 Å². The van der Waals surface area contributed by atoms with Crippen molar-refractivity contribution in [2.45, 2.75) is 32.1 Å². The van der Waals surface area contributed by atoms with Gasteiger partial charge in [0, 0.05) is 34.9 Å². The molecular weight excluding hydrogens is 604 g/mol. The number of pyridine rings is 1. The number of carbonyl (C=O) groups is 1. The van der Waals surface area contributed by atoms with Gasteiger partial charge in [0.25, 0.3) is 5.88 Å². The maximum Gasteiger partial charge on any atom is 0.335 e. The molecule has 1 atom stereocenters. The summed E-state index contributed by atoms with van der Waals surface area (Å²) in [6, 6.07) is 25.7. The van der Waals surface area contributed by atoms with Gasteiger partial charge in [0.15, 0.2) is 5.82 Å². The highest BCUT2D eigenvalue weighted by molar-refractivity contribution is 6.05. The lowest BCUT2D eigenvalue weighted by atomic mass is 10.0. The summed E-state index contributed by atoms with van der Waals surface area (Å²) in [5.41, 5.74) is 4.81. The Morgan fingerprint density at radius 3 is 2.57 bits per heavy atom. The number of aromatic carboxylic acids is 1. The summed E-state index contributed by atoms with van der Waals surface area (Å²) in [5, 5.41) is 11.4. The van der Waals surface area contributed by atoms with Crippen molar-refractivity contribution in [2.75, 3.05) is 6.61 Å². The normalized spacial score (nSPS) is 14.6.